The van der Waals surface area contributed by atoms with E-state index in [1.807, 2.05) is 24.3 Å². The minimum absolute atomic E-state index is 0.0843. The zero-order valence-corrected chi connectivity index (χ0v) is 10.8. The van der Waals surface area contributed by atoms with Gasteiger partial charge in [-0.2, -0.15) is 0 Å². The Bertz CT molecular complexity index is 724. The van der Waals surface area contributed by atoms with Crippen LogP contribution in [0, 0.1) is 0 Å². The van der Waals surface area contributed by atoms with Gasteiger partial charge in [-0.1, -0.05) is 24.3 Å². The maximum Gasteiger partial charge on any atom is 0.201 e. The van der Waals surface area contributed by atoms with Gasteiger partial charge in [-0.15, -0.1) is 0 Å². The molecule has 1 heterocycles. The molecule has 2 aromatic carbocycles. The third-order valence-electron chi connectivity index (χ3n) is 4.39. The summed E-state index contributed by atoms with van der Waals surface area (Å²) in [6, 6.07) is 7.97. The van der Waals surface area contributed by atoms with Crippen molar-refractivity contribution in [1.82, 2.24) is 5.32 Å². The number of benzene rings is 2. The first-order valence-electron chi connectivity index (χ1n) is 6.79. The van der Waals surface area contributed by atoms with Crippen molar-refractivity contribution in [2.45, 2.75) is 18.9 Å². The second kappa shape index (κ2) is 3.90. The Morgan fingerprint density at radius 3 is 2.65 bits per heavy atom. The van der Waals surface area contributed by atoms with Gasteiger partial charge in [0.2, 0.25) is 5.75 Å². The SMILES string of the molecule is Oc1c(O)c2c3c(c1O)-c1ccccc1CC3NCC2. The lowest BCUT2D eigenvalue weighted by atomic mass is 9.77. The minimum atomic E-state index is -0.406. The van der Waals surface area contributed by atoms with Crippen molar-refractivity contribution in [3.05, 3.63) is 41.0 Å². The van der Waals surface area contributed by atoms with Crippen LogP contribution in [0.3, 0.4) is 0 Å². The van der Waals surface area contributed by atoms with Gasteiger partial charge in [-0.3, -0.25) is 0 Å². The molecule has 0 amide bonds. The lowest BCUT2D eigenvalue weighted by Gasteiger charge is -2.35. The molecule has 0 saturated heterocycles. The molecule has 102 valence electrons. The fourth-order valence-electron chi connectivity index (χ4n) is 3.50. The van der Waals surface area contributed by atoms with E-state index in [1.165, 1.54) is 0 Å². The first-order valence-corrected chi connectivity index (χ1v) is 6.79. The molecule has 1 aliphatic heterocycles. The van der Waals surface area contributed by atoms with Crippen LogP contribution >= 0.6 is 0 Å². The van der Waals surface area contributed by atoms with E-state index < -0.39 is 5.75 Å². The lowest BCUT2D eigenvalue weighted by molar-refractivity contribution is 0.358. The molecule has 4 heteroatoms. The van der Waals surface area contributed by atoms with Crippen LogP contribution in [0.1, 0.15) is 22.7 Å². The number of fused-ring (bicyclic) bond motifs is 2. The van der Waals surface area contributed by atoms with Crippen molar-refractivity contribution in [2.24, 2.45) is 0 Å². The van der Waals surface area contributed by atoms with Crippen LogP contribution in [0.4, 0.5) is 0 Å². The molecule has 0 saturated carbocycles. The second-order valence-electron chi connectivity index (χ2n) is 5.43. The summed E-state index contributed by atoms with van der Waals surface area (Å²) in [5.74, 6) is -0.801. The Labute approximate surface area is 116 Å². The second-order valence-corrected chi connectivity index (χ2v) is 5.43. The summed E-state index contributed by atoms with van der Waals surface area (Å²) in [6.07, 6.45) is 1.49. The predicted molar refractivity (Wildman–Crippen MR) is 75.0 cm³/mol. The minimum Gasteiger partial charge on any atom is -0.504 e. The maximum atomic E-state index is 10.3. The van der Waals surface area contributed by atoms with Gasteiger partial charge in [0.1, 0.15) is 0 Å². The molecule has 2 aliphatic rings. The van der Waals surface area contributed by atoms with Crippen molar-refractivity contribution in [3.8, 4) is 28.4 Å². The molecule has 0 spiro atoms. The van der Waals surface area contributed by atoms with E-state index in [0.29, 0.717) is 12.0 Å². The van der Waals surface area contributed by atoms with E-state index in [-0.39, 0.29) is 17.5 Å². The van der Waals surface area contributed by atoms with Gasteiger partial charge in [0.25, 0.3) is 0 Å². The normalized spacial score (nSPS) is 19.3. The number of rotatable bonds is 0. The predicted octanol–water partition coefficient (Wildman–Crippen LogP) is 2.21. The zero-order valence-electron chi connectivity index (χ0n) is 10.8. The molecular weight excluding hydrogens is 254 g/mol. The quantitative estimate of drug-likeness (QED) is 0.553. The van der Waals surface area contributed by atoms with Crippen molar-refractivity contribution in [1.29, 1.82) is 0 Å². The Morgan fingerprint density at radius 1 is 1.00 bits per heavy atom. The van der Waals surface area contributed by atoms with E-state index in [4.69, 9.17) is 0 Å². The Balaban J connectivity index is 2.14. The third kappa shape index (κ3) is 1.34. The van der Waals surface area contributed by atoms with Crippen molar-refractivity contribution >= 4 is 0 Å². The molecule has 0 aromatic heterocycles. The smallest absolute Gasteiger partial charge is 0.201 e. The number of aromatic hydroxyl groups is 3. The summed E-state index contributed by atoms with van der Waals surface area (Å²) in [5.41, 5.74) is 4.44. The summed E-state index contributed by atoms with van der Waals surface area (Å²) in [7, 11) is 0. The number of hydrogen-bond acceptors (Lipinski definition) is 4. The summed E-state index contributed by atoms with van der Waals surface area (Å²) in [6.45, 7) is 0.761. The molecule has 1 aliphatic carbocycles. The van der Waals surface area contributed by atoms with Crippen molar-refractivity contribution in [3.63, 3.8) is 0 Å². The molecule has 4 rings (SSSR count). The van der Waals surface area contributed by atoms with Gasteiger partial charge in [-0.25, -0.2) is 0 Å². The number of phenols is 3. The first kappa shape index (κ1) is 11.6. The van der Waals surface area contributed by atoms with Gasteiger partial charge in [0.05, 0.1) is 0 Å². The van der Waals surface area contributed by atoms with Crippen LogP contribution < -0.4 is 5.32 Å². The number of hydrogen-bond donors (Lipinski definition) is 4. The summed E-state index contributed by atoms with van der Waals surface area (Å²) < 4.78 is 0. The molecule has 1 atom stereocenters. The van der Waals surface area contributed by atoms with Crippen molar-refractivity contribution < 1.29 is 15.3 Å². The Kier molecular flexibility index (Phi) is 2.26. The Hall–Kier alpha value is -2.20. The topological polar surface area (TPSA) is 72.7 Å². The lowest BCUT2D eigenvalue weighted by Crippen LogP contribution is -2.33. The Morgan fingerprint density at radius 2 is 1.80 bits per heavy atom. The number of phenolic OH excluding ortho intramolecular Hbond substituents is 3. The fraction of sp³-hybridized carbons (Fsp3) is 0.250. The van der Waals surface area contributed by atoms with Gasteiger partial charge >= 0.3 is 0 Å². The highest BCUT2D eigenvalue weighted by Crippen LogP contribution is 2.53. The van der Waals surface area contributed by atoms with Crippen molar-refractivity contribution in [2.75, 3.05) is 6.54 Å². The van der Waals surface area contributed by atoms with E-state index in [1.54, 1.807) is 0 Å². The molecule has 1 unspecified atom stereocenters. The molecule has 0 bridgehead atoms. The third-order valence-corrected chi connectivity index (χ3v) is 4.39. The van der Waals surface area contributed by atoms with E-state index in [0.717, 1.165) is 35.2 Å². The first-order chi connectivity index (χ1) is 9.68. The standard InChI is InChI=1S/C16H15NO3/c18-14-10-5-6-17-11-7-8-3-1-2-4-9(8)13(12(10)11)15(19)16(14)20/h1-4,11,17-20H,5-7H2. The molecule has 4 nitrogen and oxygen atoms in total. The molecule has 4 N–H and O–H groups in total. The van der Waals surface area contributed by atoms with Gasteiger partial charge < -0.3 is 20.6 Å². The van der Waals surface area contributed by atoms with Gasteiger partial charge in [0.15, 0.2) is 11.5 Å². The van der Waals surface area contributed by atoms with E-state index in [2.05, 4.69) is 5.32 Å². The van der Waals surface area contributed by atoms with Crippen LogP contribution in [0.5, 0.6) is 17.2 Å². The van der Waals surface area contributed by atoms with Crippen LogP contribution in [0.2, 0.25) is 0 Å². The highest BCUT2D eigenvalue weighted by molar-refractivity contribution is 5.85. The highest BCUT2D eigenvalue weighted by atomic mass is 16.3. The van der Waals surface area contributed by atoms with Crippen LogP contribution in [0.15, 0.2) is 24.3 Å². The summed E-state index contributed by atoms with van der Waals surface area (Å²) in [4.78, 5) is 0. The maximum absolute atomic E-state index is 10.3. The molecule has 20 heavy (non-hydrogen) atoms. The van der Waals surface area contributed by atoms with Gasteiger partial charge in [0, 0.05) is 17.2 Å². The van der Waals surface area contributed by atoms with Crippen LogP contribution in [-0.4, -0.2) is 21.9 Å². The van der Waals surface area contributed by atoms with E-state index in [9.17, 15) is 15.3 Å². The van der Waals surface area contributed by atoms with Gasteiger partial charge in [-0.05, 0) is 36.1 Å². The van der Waals surface area contributed by atoms with Crippen LogP contribution in [-0.2, 0) is 12.8 Å². The zero-order chi connectivity index (χ0) is 13.9. The van der Waals surface area contributed by atoms with Crippen LogP contribution in [0.25, 0.3) is 11.1 Å². The molecule has 0 fully saturated rings. The number of nitrogens with one attached hydrogen (secondary N) is 1. The van der Waals surface area contributed by atoms with E-state index >= 15 is 0 Å². The molecule has 2 aromatic rings. The largest absolute Gasteiger partial charge is 0.504 e. The molecular formula is C16H15NO3. The highest BCUT2D eigenvalue weighted by Gasteiger charge is 2.35. The summed E-state index contributed by atoms with van der Waals surface area (Å²) in [5, 5.41) is 33.8. The summed E-state index contributed by atoms with van der Waals surface area (Å²) >= 11 is 0. The average Bonchev–Trinajstić information content (AvgIpc) is 2.48. The molecule has 0 radical (unpaired) electrons. The monoisotopic (exact) mass is 269 g/mol. The average molecular weight is 269 g/mol. The fourth-order valence-corrected chi connectivity index (χ4v) is 3.50.